The summed E-state index contributed by atoms with van der Waals surface area (Å²) in [6.45, 7) is 4.71. The highest BCUT2D eigenvalue weighted by molar-refractivity contribution is 6.30. The normalized spacial score (nSPS) is 25.0. The molecule has 0 radical (unpaired) electrons. The maximum Gasteiger partial charge on any atom is 0.226 e. The second-order valence-electron chi connectivity index (χ2n) is 8.05. The fourth-order valence-corrected chi connectivity index (χ4v) is 4.76. The van der Waals surface area contributed by atoms with Crippen LogP contribution in [0.2, 0.25) is 10.0 Å². The van der Waals surface area contributed by atoms with Crippen LogP contribution in [0.4, 0.5) is 0 Å². The monoisotopic (exact) mass is 413 g/mol. The summed E-state index contributed by atoms with van der Waals surface area (Å²) in [5, 5.41) is 1.45. The standard InChI is InChI=1S/C24H25Cl2NO/c1-2-4-19-14-22(18-5-3-6-21(26)13-18)23(17-9-11-20(25)12-10-17)27(24(19)28)15-16-7-8-16/h2-3,5-6,9-13,16,19,22-23H,1,4,7-8,14-15H2/t19-,22-,23-/m1/s1. The average Bonchev–Trinajstić information content (AvgIpc) is 3.50. The lowest BCUT2D eigenvalue weighted by molar-refractivity contribution is -0.143. The summed E-state index contributed by atoms with van der Waals surface area (Å²) in [6, 6.07) is 16.0. The van der Waals surface area contributed by atoms with Gasteiger partial charge in [0.15, 0.2) is 0 Å². The summed E-state index contributed by atoms with van der Waals surface area (Å²) in [5.41, 5.74) is 2.33. The van der Waals surface area contributed by atoms with Crippen LogP contribution in [-0.2, 0) is 4.79 Å². The minimum atomic E-state index is -0.0243. The van der Waals surface area contributed by atoms with Crippen molar-refractivity contribution in [3.8, 4) is 0 Å². The minimum Gasteiger partial charge on any atom is -0.335 e. The third kappa shape index (κ3) is 4.14. The molecular weight excluding hydrogens is 389 g/mol. The van der Waals surface area contributed by atoms with Gasteiger partial charge in [-0.05, 0) is 67.0 Å². The molecule has 1 aliphatic carbocycles. The Hall–Kier alpha value is -1.77. The molecule has 1 saturated heterocycles. The Morgan fingerprint density at radius 3 is 2.43 bits per heavy atom. The number of benzene rings is 2. The number of piperidine rings is 1. The first kappa shape index (κ1) is 19.5. The van der Waals surface area contributed by atoms with Crippen molar-refractivity contribution < 1.29 is 4.79 Å². The van der Waals surface area contributed by atoms with E-state index in [2.05, 4.69) is 29.7 Å². The highest BCUT2D eigenvalue weighted by Crippen LogP contribution is 2.48. The van der Waals surface area contributed by atoms with Crippen LogP contribution >= 0.6 is 23.2 Å². The van der Waals surface area contributed by atoms with Gasteiger partial charge in [0.2, 0.25) is 5.91 Å². The van der Waals surface area contributed by atoms with E-state index in [1.807, 2.05) is 36.4 Å². The molecule has 2 aliphatic rings. The Labute approximate surface area is 177 Å². The zero-order chi connectivity index (χ0) is 19.7. The number of nitrogens with zero attached hydrogens (tertiary/aromatic N) is 1. The van der Waals surface area contributed by atoms with E-state index in [1.165, 1.54) is 18.4 Å². The third-order valence-electron chi connectivity index (χ3n) is 5.98. The number of likely N-dealkylation sites (tertiary alicyclic amines) is 1. The van der Waals surface area contributed by atoms with Crippen LogP contribution in [0.25, 0.3) is 0 Å². The molecule has 2 nitrogen and oxygen atoms in total. The summed E-state index contributed by atoms with van der Waals surface area (Å²) in [4.78, 5) is 15.5. The second kappa shape index (κ2) is 8.31. The molecule has 0 spiro atoms. The molecule has 28 heavy (non-hydrogen) atoms. The molecule has 3 atom stereocenters. The Balaban J connectivity index is 1.79. The van der Waals surface area contributed by atoms with Gasteiger partial charge >= 0.3 is 0 Å². The van der Waals surface area contributed by atoms with Gasteiger partial charge in [0.05, 0.1) is 6.04 Å². The van der Waals surface area contributed by atoms with E-state index in [0.29, 0.717) is 17.4 Å². The maximum absolute atomic E-state index is 13.4. The van der Waals surface area contributed by atoms with Crippen molar-refractivity contribution in [2.24, 2.45) is 11.8 Å². The van der Waals surface area contributed by atoms with E-state index in [9.17, 15) is 4.79 Å². The van der Waals surface area contributed by atoms with Gasteiger partial charge in [-0.1, -0.05) is 53.5 Å². The van der Waals surface area contributed by atoms with Gasteiger partial charge in [-0.15, -0.1) is 6.58 Å². The number of hydrogen-bond acceptors (Lipinski definition) is 1. The molecule has 2 aromatic rings. The number of amides is 1. The predicted octanol–water partition coefficient (Wildman–Crippen LogP) is 6.65. The Morgan fingerprint density at radius 2 is 1.79 bits per heavy atom. The number of carbonyl (C=O) groups is 1. The minimum absolute atomic E-state index is 0.00454. The molecular formula is C24H25Cl2NO. The van der Waals surface area contributed by atoms with Gasteiger partial charge < -0.3 is 4.90 Å². The number of carbonyl (C=O) groups excluding carboxylic acids is 1. The summed E-state index contributed by atoms with van der Waals surface area (Å²) in [5.74, 6) is 1.05. The van der Waals surface area contributed by atoms with Gasteiger partial charge in [-0.2, -0.15) is 0 Å². The van der Waals surface area contributed by atoms with Crippen LogP contribution in [0.15, 0.2) is 61.2 Å². The van der Waals surface area contributed by atoms with E-state index >= 15 is 0 Å². The van der Waals surface area contributed by atoms with Crippen LogP contribution in [-0.4, -0.2) is 17.4 Å². The van der Waals surface area contributed by atoms with E-state index in [4.69, 9.17) is 23.2 Å². The van der Waals surface area contributed by atoms with Gasteiger partial charge in [0.1, 0.15) is 0 Å². The largest absolute Gasteiger partial charge is 0.335 e. The lowest BCUT2D eigenvalue weighted by atomic mass is 9.75. The topological polar surface area (TPSA) is 20.3 Å². The Kier molecular flexibility index (Phi) is 5.80. The fourth-order valence-electron chi connectivity index (χ4n) is 4.43. The number of halogens is 2. The van der Waals surface area contributed by atoms with Crippen molar-refractivity contribution >= 4 is 29.1 Å². The summed E-state index contributed by atoms with van der Waals surface area (Å²) in [7, 11) is 0. The van der Waals surface area contributed by atoms with Crippen LogP contribution < -0.4 is 0 Å². The SMILES string of the molecule is C=CC[C@@H]1C[C@H](c2cccc(Cl)c2)[C@@H](c2ccc(Cl)cc2)N(CC2CC2)C1=O. The quantitative estimate of drug-likeness (QED) is 0.485. The zero-order valence-electron chi connectivity index (χ0n) is 15.9. The van der Waals surface area contributed by atoms with E-state index < -0.39 is 0 Å². The van der Waals surface area contributed by atoms with Crippen LogP contribution in [0.1, 0.15) is 48.8 Å². The molecule has 1 amide bonds. The fraction of sp³-hybridized carbons (Fsp3) is 0.375. The van der Waals surface area contributed by atoms with Crippen LogP contribution in [0.5, 0.6) is 0 Å². The maximum atomic E-state index is 13.4. The van der Waals surface area contributed by atoms with Crippen molar-refractivity contribution in [3.05, 3.63) is 82.4 Å². The van der Waals surface area contributed by atoms with Crippen molar-refractivity contribution in [1.82, 2.24) is 4.90 Å². The van der Waals surface area contributed by atoms with Gasteiger partial charge in [0, 0.05) is 28.4 Å². The smallest absolute Gasteiger partial charge is 0.226 e. The lowest BCUT2D eigenvalue weighted by Crippen LogP contribution is -2.47. The van der Waals surface area contributed by atoms with Gasteiger partial charge in [-0.3, -0.25) is 4.79 Å². The first-order valence-electron chi connectivity index (χ1n) is 9.99. The summed E-state index contributed by atoms with van der Waals surface area (Å²) >= 11 is 12.5. The summed E-state index contributed by atoms with van der Waals surface area (Å²) < 4.78 is 0. The van der Waals surface area contributed by atoms with Crippen LogP contribution in [0, 0.1) is 11.8 Å². The molecule has 146 valence electrons. The van der Waals surface area contributed by atoms with Crippen molar-refractivity contribution in [3.63, 3.8) is 0 Å². The van der Waals surface area contributed by atoms with Crippen molar-refractivity contribution in [2.45, 2.75) is 37.6 Å². The Morgan fingerprint density at radius 1 is 1.04 bits per heavy atom. The molecule has 0 unspecified atom stereocenters. The third-order valence-corrected chi connectivity index (χ3v) is 6.47. The molecule has 1 aliphatic heterocycles. The lowest BCUT2D eigenvalue weighted by Gasteiger charge is -2.45. The number of rotatable bonds is 6. The van der Waals surface area contributed by atoms with Gasteiger partial charge in [0.25, 0.3) is 0 Å². The molecule has 1 saturated carbocycles. The molecule has 2 fully saturated rings. The highest BCUT2D eigenvalue weighted by Gasteiger charge is 2.44. The Bertz CT molecular complexity index is 859. The first-order chi connectivity index (χ1) is 13.6. The van der Waals surface area contributed by atoms with E-state index in [0.717, 1.165) is 23.6 Å². The average molecular weight is 414 g/mol. The molecule has 0 N–H and O–H groups in total. The summed E-state index contributed by atoms with van der Waals surface area (Å²) in [6.07, 6.45) is 5.82. The number of allylic oxidation sites excluding steroid dienone is 1. The van der Waals surface area contributed by atoms with E-state index in [1.54, 1.807) is 0 Å². The highest BCUT2D eigenvalue weighted by atomic mass is 35.5. The van der Waals surface area contributed by atoms with Gasteiger partial charge in [-0.25, -0.2) is 0 Å². The predicted molar refractivity (Wildman–Crippen MR) is 116 cm³/mol. The second-order valence-corrected chi connectivity index (χ2v) is 8.92. The molecule has 0 bridgehead atoms. The number of hydrogen-bond donors (Lipinski definition) is 0. The molecule has 0 aromatic heterocycles. The van der Waals surface area contributed by atoms with E-state index in [-0.39, 0.29) is 23.8 Å². The van der Waals surface area contributed by atoms with Crippen molar-refractivity contribution in [1.29, 1.82) is 0 Å². The molecule has 4 rings (SSSR count). The van der Waals surface area contributed by atoms with Crippen molar-refractivity contribution in [2.75, 3.05) is 6.54 Å². The zero-order valence-corrected chi connectivity index (χ0v) is 17.4. The first-order valence-corrected chi connectivity index (χ1v) is 10.7. The molecule has 4 heteroatoms. The molecule has 1 heterocycles. The molecule has 2 aromatic carbocycles. The van der Waals surface area contributed by atoms with Crippen LogP contribution in [0.3, 0.4) is 0 Å².